The minimum absolute atomic E-state index is 0.170. The normalized spacial score (nSPS) is 10.9. The summed E-state index contributed by atoms with van der Waals surface area (Å²) in [5.41, 5.74) is 0. The standard InChI is InChI=1S/C13H20N6O2/c1-4-14-11-16-12(19-7-5-6-15-19)18-13(17-11)21-9-8-20-10(2)3/h5-7,10H,4,8-9H2,1-3H3,(H,14,16,17,18). The maximum atomic E-state index is 5.51. The summed E-state index contributed by atoms with van der Waals surface area (Å²) >= 11 is 0. The molecule has 0 fully saturated rings. The fourth-order valence-corrected chi connectivity index (χ4v) is 1.55. The Morgan fingerprint density at radius 3 is 2.76 bits per heavy atom. The molecule has 21 heavy (non-hydrogen) atoms. The van der Waals surface area contributed by atoms with E-state index in [1.54, 1.807) is 23.1 Å². The van der Waals surface area contributed by atoms with Gasteiger partial charge in [0.25, 0.3) is 5.95 Å². The Kier molecular flexibility index (Phi) is 5.44. The highest BCUT2D eigenvalue weighted by Crippen LogP contribution is 2.10. The van der Waals surface area contributed by atoms with Crippen LogP contribution in [0.1, 0.15) is 20.8 Å². The second kappa shape index (κ2) is 7.53. The molecule has 0 aromatic carbocycles. The SMILES string of the molecule is CCNc1nc(OCCOC(C)C)nc(-n2cccn2)n1. The van der Waals surface area contributed by atoms with Gasteiger partial charge in [0.05, 0.1) is 12.7 Å². The minimum Gasteiger partial charge on any atom is -0.461 e. The smallest absolute Gasteiger partial charge is 0.323 e. The Balaban J connectivity index is 2.08. The average molecular weight is 292 g/mol. The monoisotopic (exact) mass is 292 g/mol. The molecule has 114 valence electrons. The number of rotatable bonds is 8. The molecule has 0 aliphatic rings. The van der Waals surface area contributed by atoms with Crippen molar-refractivity contribution in [2.75, 3.05) is 25.1 Å². The van der Waals surface area contributed by atoms with Gasteiger partial charge in [0, 0.05) is 18.9 Å². The molecule has 1 N–H and O–H groups in total. The summed E-state index contributed by atoms with van der Waals surface area (Å²) in [6.45, 7) is 7.49. The molecule has 8 nitrogen and oxygen atoms in total. The highest BCUT2D eigenvalue weighted by molar-refractivity contribution is 5.29. The molecule has 0 aliphatic heterocycles. The Morgan fingerprint density at radius 2 is 2.10 bits per heavy atom. The molecule has 8 heteroatoms. The molecule has 0 bridgehead atoms. The van der Waals surface area contributed by atoms with Crippen LogP contribution in [-0.4, -0.2) is 50.6 Å². The lowest BCUT2D eigenvalue weighted by Gasteiger charge is -2.10. The van der Waals surface area contributed by atoms with Crippen LogP contribution in [-0.2, 0) is 4.74 Å². The zero-order valence-corrected chi connectivity index (χ0v) is 12.5. The van der Waals surface area contributed by atoms with Gasteiger partial charge >= 0.3 is 6.01 Å². The molecular formula is C13H20N6O2. The molecule has 2 aromatic heterocycles. The molecule has 2 aromatic rings. The van der Waals surface area contributed by atoms with Crippen LogP contribution in [0, 0.1) is 0 Å². The van der Waals surface area contributed by atoms with E-state index in [-0.39, 0.29) is 12.1 Å². The summed E-state index contributed by atoms with van der Waals surface area (Å²) in [5, 5.41) is 7.15. The van der Waals surface area contributed by atoms with Crippen molar-refractivity contribution in [1.82, 2.24) is 24.7 Å². The molecule has 0 amide bonds. The van der Waals surface area contributed by atoms with E-state index < -0.39 is 0 Å². The van der Waals surface area contributed by atoms with Crippen molar-refractivity contribution < 1.29 is 9.47 Å². The predicted molar refractivity (Wildman–Crippen MR) is 77.7 cm³/mol. The Bertz CT molecular complexity index is 544. The number of nitrogens with zero attached hydrogens (tertiary/aromatic N) is 5. The van der Waals surface area contributed by atoms with E-state index in [2.05, 4.69) is 25.4 Å². The van der Waals surface area contributed by atoms with Crippen LogP contribution in [0.15, 0.2) is 18.5 Å². The zero-order valence-electron chi connectivity index (χ0n) is 12.5. The highest BCUT2D eigenvalue weighted by Gasteiger charge is 2.09. The molecule has 0 radical (unpaired) electrons. The van der Waals surface area contributed by atoms with E-state index in [4.69, 9.17) is 9.47 Å². The second-order valence-electron chi connectivity index (χ2n) is 4.49. The lowest BCUT2D eigenvalue weighted by Crippen LogP contribution is -2.15. The zero-order chi connectivity index (χ0) is 15.1. The number of nitrogens with one attached hydrogen (secondary N) is 1. The van der Waals surface area contributed by atoms with Crippen molar-refractivity contribution in [3.63, 3.8) is 0 Å². The number of hydrogen-bond acceptors (Lipinski definition) is 7. The van der Waals surface area contributed by atoms with Gasteiger partial charge in [0.2, 0.25) is 5.95 Å². The second-order valence-corrected chi connectivity index (χ2v) is 4.49. The van der Waals surface area contributed by atoms with Gasteiger partial charge in [-0.05, 0) is 26.8 Å². The molecule has 0 unspecified atom stereocenters. The number of aromatic nitrogens is 5. The van der Waals surface area contributed by atoms with Gasteiger partial charge in [0.15, 0.2) is 0 Å². The summed E-state index contributed by atoms with van der Waals surface area (Å²) in [4.78, 5) is 12.7. The minimum atomic E-state index is 0.170. The van der Waals surface area contributed by atoms with Crippen LogP contribution in [0.25, 0.3) is 5.95 Å². The van der Waals surface area contributed by atoms with Crippen LogP contribution >= 0.6 is 0 Å². The van der Waals surface area contributed by atoms with Gasteiger partial charge in [-0.2, -0.15) is 20.1 Å². The molecule has 0 atom stereocenters. The lowest BCUT2D eigenvalue weighted by molar-refractivity contribution is 0.0531. The Morgan fingerprint density at radius 1 is 1.24 bits per heavy atom. The fraction of sp³-hybridized carbons (Fsp3) is 0.538. The van der Waals surface area contributed by atoms with Crippen molar-refractivity contribution in [2.45, 2.75) is 26.9 Å². The van der Waals surface area contributed by atoms with Crippen molar-refractivity contribution in [2.24, 2.45) is 0 Å². The predicted octanol–water partition coefficient (Wildman–Crippen LogP) is 1.29. The summed E-state index contributed by atoms with van der Waals surface area (Å²) in [7, 11) is 0. The Hall–Kier alpha value is -2.22. The fourth-order valence-electron chi connectivity index (χ4n) is 1.55. The summed E-state index contributed by atoms with van der Waals surface area (Å²) in [6, 6.07) is 2.05. The van der Waals surface area contributed by atoms with Gasteiger partial charge in [-0.3, -0.25) is 0 Å². The molecule has 0 saturated carbocycles. The molecule has 0 aliphatic carbocycles. The van der Waals surface area contributed by atoms with E-state index in [0.717, 1.165) is 0 Å². The average Bonchev–Trinajstić information content (AvgIpc) is 2.98. The van der Waals surface area contributed by atoms with E-state index >= 15 is 0 Å². The largest absolute Gasteiger partial charge is 0.461 e. The molecule has 0 spiro atoms. The Labute approximate surface area is 123 Å². The number of anilines is 1. The summed E-state index contributed by atoms with van der Waals surface area (Å²) < 4.78 is 12.5. The van der Waals surface area contributed by atoms with Crippen molar-refractivity contribution in [3.05, 3.63) is 18.5 Å². The van der Waals surface area contributed by atoms with Crippen LogP contribution in [0.4, 0.5) is 5.95 Å². The summed E-state index contributed by atoms with van der Waals surface area (Å²) in [5.74, 6) is 0.864. The first kappa shape index (κ1) is 15.2. The number of ether oxygens (including phenoxy) is 2. The molecule has 2 heterocycles. The highest BCUT2D eigenvalue weighted by atomic mass is 16.5. The molecular weight excluding hydrogens is 272 g/mol. The quantitative estimate of drug-likeness (QED) is 0.733. The van der Waals surface area contributed by atoms with Crippen molar-refractivity contribution >= 4 is 5.95 Å². The first-order valence-corrected chi connectivity index (χ1v) is 6.93. The third kappa shape index (κ3) is 4.67. The van der Waals surface area contributed by atoms with Gasteiger partial charge in [0.1, 0.15) is 6.61 Å². The first-order chi connectivity index (χ1) is 10.2. The third-order valence-electron chi connectivity index (χ3n) is 2.41. The van der Waals surface area contributed by atoms with Gasteiger partial charge in [-0.25, -0.2) is 4.68 Å². The molecule has 2 rings (SSSR count). The van der Waals surface area contributed by atoms with Crippen LogP contribution in [0.3, 0.4) is 0 Å². The van der Waals surface area contributed by atoms with Gasteiger partial charge in [-0.15, -0.1) is 0 Å². The van der Waals surface area contributed by atoms with E-state index in [1.165, 1.54) is 0 Å². The van der Waals surface area contributed by atoms with E-state index in [9.17, 15) is 0 Å². The van der Waals surface area contributed by atoms with Gasteiger partial charge < -0.3 is 14.8 Å². The van der Waals surface area contributed by atoms with Gasteiger partial charge in [-0.1, -0.05) is 0 Å². The topological polar surface area (TPSA) is 87.0 Å². The van der Waals surface area contributed by atoms with E-state index in [1.807, 2.05) is 20.8 Å². The van der Waals surface area contributed by atoms with Crippen LogP contribution < -0.4 is 10.1 Å². The van der Waals surface area contributed by atoms with Crippen LogP contribution in [0.5, 0.6) is 6.01 Å². The van der Waals surface area contributed by atoms with Crippen LogP contribution in [0.2, 0.25) is 0 Å². The third-order valence-corrected chi connectivity index (χ3v) is 2.41. The van der Waals surface area contributed by atoms with E-state index in [0.29, 0.717) is 31.7 Å². The lowest BCUT2D eigenvalue weighted by atomic mass is 10.5. The number of hydrogen-bond donors (Lipinski definition) is 1. The van der Waals surface area contributed by atoms with Crippen molar-refractivity contribution in [3.8, 4) is 12.0 Å². The maximum Gasteiger partial charge on any atom is 0.323 e. The molecule has 0 saturated heterocycles. The maximum absolute atomic E-state index is 5.51. The summed E-state index contributed by atoms with van der Waals surface area (Å²) in [6.07, 6.45) is 3.59. The van der Waals surface area contributed by atoms with Crippen molar-refractivity contribution in [1.29, 1.82) is 0 Å². The first-order valence-electron chi connectivity index (χ1n) is 6.93.